The minimum atomic E-state index is -0.463. The van der Waals surface area contributed by atoms with Crippen molar-refractivity contribution in [3.8, 4) is 0 Å². The zero-order valence-electron chi connectivity index (χ0n) is 15.2. The first-order chi connectivity index (χ1) is 13.7. The summed E-state index contributed by atoms with van der Waals surface area (Å²) in [6.07, 6.45) is 3.64. The highest BCUT2D eigenvalue weighted by Gasteiger charge is 2.11. The molecule has 0 spiro atoms. The zero-order chi connectivity index (χ0) is 19.3. The van der Waals surface area contributed by atoms with Crippen LogP contribution in [-0.4, -0.2) is 15.9 Å². The minimum Gasteiger partial charge on any atom is -0.366 e. The SMILES string of the molecule is NC(=O)C(=Cc1c[nH]c2nc(NCc3ccccc3)ccc12)c1ccccc1. The molecular formula is C23H20N4O. The molecule has 0 aliphatic heterocycles. The van der Waals surface area contributed by atoms with Gasteiger partial charge in [0.05, 0.1) is 0 Å². The van der Waals surface area contributed by atoms with Gasteiger partial charge in [-0.1, -0.05) is 60.7 Å². The van der Waals surface area contributed by atoms with Crippen LogP contribution < -0.4 is 11.1 Å². The average molecular weight is 368 g/mol. The van der Waals surface area contributed by atoms with Crippen LogP contribution in [0.25, 0.3) is 22.7 Å². The number of nitrogens with one attached hydrogen (secondary N) is 2. The van der Waals surface area contributed by atoms with E-state index in [4.69, 9.17) is 5.73 Å². The number of hydrogen-bond donors (Lipinski definition) is 3. The lowest BCUT2D eigenvalue weighted by atomic mass is 10.0. The second-order valence-corrected chi connectivity index (χ2v) is 6.46. The van der Waals surface area contributed by atoms with E-state index in [2.05, 4.69) is 27.4 Å². The Balaban J connectivity index is 1.61. The number of hydrogen-bond acceptors (Lipinski definition) is 3. The Hall–Kier alpha value is -3.86. The van der Waals surface area contributed by atoms with Gasteiger partial charge in [-0.05, 0) is 29.3 Å². The molecule has 5 nitrogen and oxygen atoms in total. The van der Waals surface area contributed by atoms with Gasteiger partial charge in [0.2, 0.25) is 5.91 Å². The van der Waals surface area contributed by atoms with E-state index in [1.807, 2.05) is 66.9 Å². The highest BCUT2D eigenvalue weighted by atomic mass is 16.1. The van der Waals surface area contributed by atoms with E-state index in [-0.39, 0.29) is 0 Å². The molecule has 0 fully saturated rings. The van der Waals surface area contributed by atoms with Gasteiger partial charge >= 0.3 is 0 Å². The number of fused-ring (bicyclic) bond motifs is 1. The number of pyridine rings is 1. The van der Waals surface area contributed by atoms with Crippen molar-refractivity contribution < 1.29 is 4.79 Å². The summed E-state index contributed by atoms with van der Waals surface area (Å²) in [5.74, 6) is 0.321. The number of aromatic nitrogens is 2. The predicted octanol–water partition coefficient (Wildman–Crippen LogP) is 4.20. The van der Waals surface area contributed by atoms with Gasteiger partial charge in [0, 0.05) is 29.3 Å². The standard InChI is InChI=1S/C23H20N4O/c24-22(28)20(17-9-5-2-6-10-17)13-18-15-26-23-19(18)11-12-21(27-23)25-14-16-7-3-1-4-8-16/h1-13,15H,14H2,(H2,24,28)(H2,25,26,27). The van der Waals surface area contributed by atoms with Gasteiger partial charge in [-0.3, -0.25) is 4.79 Å². The number of benzene rings is 2. The molecule has 0 unspecified atom stereocenters. The summed E-state index contributed by atoms with van der Waals surface area (Å²) in [7, 11) is 0. The van der Waals surface area contributed by atoms with Crippen molar-refractivity contribution in [3.05, 3.63) is 95.7 Å². The van der Waals surface area contributed by atoms with Crippen LogP contribution in [0.5, 0.6) is 0 Å². The molecule has 2 aromatic heterocycles. The number of nitrogens with two attached hydrogens (primary N) is 1. The van der Waals surface area contributed by atoms with Gasteiger partial charge in [0.15, 0.2) is 0 Å². The van der Waals surface area contributed by atoms with E-state index in [1.165, 1.54) is 5.56 Å². The van der Waals surface area contributed by atoms with Crippen LogP contribution in [0.1, 0.15) is 16.7 Å². The molecule has 0 aliphatic rings. The first-order valence-electron chi connectivity index (χ1n) is 9.03. The number of anilines is 1. The third kappa shape index (κ3) is 3.78. The lowest BCUT2D eigenvalue weighted by Gasteiger charge is -2.06. The van der Waals surface area contributed by atoms with Crippen molar-refractivity contribution in [2.45, 2.75) is 6.54 Å². The Morgan fingerprint density at radius 1 is 1.00 bits per heavy atom. The summed E-state index contributed by atoms with van der Waals surface area (Å²) in [5.41, 5.74) is 9.67. The number of H-pyrrole nitrogens is 1. The molecule has 138 valence electrons. The number of primary amides is 1. The highest BCUT2D eigenvalue weighted by Crippen LogP contribution is 2.24. The monoisotopic (exact) mass is 368 g/mol. The smallest absolute Gasteiger partial charge is 0.249 e. The fourth-order valence-electron chi connectivity index (χ4n) is 3.10. The Morgan fingerprint density at radius 2 is 1.71 bits per heavy atom. The van der Waals surface area contributed by atoms with Crippen molar-refractivity contribution in [1.82, 2.24) is 9.97 Å². The maximum absolute atomic E-state index is 12.0. The van der Waals surface area contributed by atoms with E-state index >= 15 is 0 Å². The zero-order valence-corrected chi connectivity index (χ0v) is 15.2. The predicted molar refractivity (Wildman–Crippen MR) is 113 cm³/mol. The van der Waals surface area contributed by atoms with Gasteiger partial charge in [-0.25, -0.2) is 4.98 Å². The molecule has 1 amide bonds. The quantitative estimate of drug-likeness (QED) is 0.446. The van der Waals surface area contributed by atoms with E-state index in [9.17, 15) is 4.79 Å². The third-order valence-corrected chi connectivity index (χ3v) is 4.54. The van der Waals surface area contributed by atoms with Crippen molar-refractivity contribution >= 4 is 34.4 Å². The summed E-state index contributed by atoms with van der Waals surface area (Å²) < 4.78 is 0. The van der Waals surface area contributed by atoms with Gasteiger partial charge in [-0.2, -0.15) is 0 Å². The Labute approximate surface area is 162 Å². The minimum absolute atomic E-state index is 0.463. The van der Waals surface area contributed by atoms with Crippen LogP contribution in [0.2, 0.25) is 0 Å². The molecule has 4 aromatic rings. The fraction of sp³-hybridized carbons (Fsp3) is 0.0435. The van der Waals surface area contributed by atoms with E-state index < -0.39 is 5.91 Å². The number of aromatic amines is 1. The van der Waals surface area contributed by atoms with Gasteiger partial charge in [0.1, 0.15) is 11.5 Å². The van der Waals surface area contributed by atoms with E-state index in [1.54, 1.807) is 6.08 Å². The topological polar surface area (TPSA) is 83.8 Å². The van der Waals surface area contributed by atoms with Crippen LogP contribution in [-0.2, 0) is 11.3 Å². The highest BCUT2D eigenvalue weighted by molar-refractivity contribution is 6.24. The van der Waals surface area contributed by atoms with Crippen LogP contribution in [0.15, 0.2) is 79.0 Å². The van der Waals surface area contributed by atoms with Crippen molar-refractivity contribution in [1.29, 1.82) is 0 Å². The summed E-state index contributed by atoms with van der Waals surface area (Å²) in [4.78, 5) is 19.8. The third-order valence-electron chi connectivity index (χ3n) is 4.54. The Kier molecular flexibility index (Phi) is 4.89. The number of amides is 1. The Bertz CT molecular complexity index is 1130. The number of carbonyl (C=O) groups is 1. The summed E-state index contributed by atoms with van der Waals surface area (Å²) in [6, 6.07) is 23.5. The Morgan fingerprint density at radius 3 is 2.43 bits per heavy atom. The van der Waals surface area contributed by atoms with Gasteiger partial charge in [-0.15, -0.1) is 0 Å². The van der Waals surface area contributed by atoms with Gasteiger partial charge in [0.25, 0.3) is 0 Å². The molecule has 28 heavy (non-hydrogen) atoms. The molecule has 0 saturated carbocycles. The number of carbonyl (C=O) groups excluding carboxylic acids is 1. The van der Waals surface area contributed by atoms with Gasteiger partial charge < -0.3 is 16.0 Å². The molecule has 4 N–H and O–H groups in total. The summed E-state index contributed by atoms with van der Waals surface area (Å²) in [6.45, 7) is 0.701. The lowest BCUT2D eigenvalue weighted by Crippen LogP contribution is -2.12. The van der Waals surface area contributed by atoms with Crippen LogP contribution in [0.4, 0.5) is 5.82 Å². The fourth-order valence-corrected chi connectivity index (χ4v) is 3.10. The van der Waals surface area contributed by atoms with Crippen molar-refractivity contribution in [2.24, 2.45) is 5.73 Å². The van der Waals surface area contributed by atoms with Crippen LogP contribution >= 0.6 is 0 Å². The van der Waals surface area contributed by atoms with E-state index in [0.717, 1.165) is 28.0 Å². The molecule has 0 radical (unpaired) electrons. The molecule has 0 atom stereocenters. The molecule has 0 saturated heterocycles. The maximum Gasteiger partial charge on any atom is 0.249 e. The summed E-state index contributed by atoms with van der Waals surface area (Å²) in [5, 5.41) is 4.26. The molecular weight excluding hydrogens is 348 g/mol. The molecule has 2 aromatic carbocycles. The molecule has 0 bridgehead atoms. The van der Waals surface area contributed by atoms with Crippen LogP contribution in [0.3, 0.4) is 0 Å². The largest absolute Gasteiger partial charge is 0.366 e. The second kappa shape index (κ2) is 7.80. The lowest BCUT2D eigenvalue weighted by molar-refractivity contribution is -0.112. The van der Waals surface area contributed by atoms with Crippen molar-refractivity contribution in [3.63, 3.8) is 0 Å². The van der Waals surface area contributed by atoms with Crippen molar-refractivity contribution in [2.75, 3.05) is 5.32 Å². The first-order valence-corrected chi connectivity index (χ1v) is 9.03. The molecule has 0 aliphatic carbocycles. The van der Waals surface area contributed by atoms with E-state index in [0.29, 0.717) is 12.1 Å². The first kappa shape index (κ1) is 17.5. The summed E-state index contributed by atoms with van der Waals surface area (Å²) >= 11 is 0. The number of nitrogens with zero attached hydrogens (tertiary/aromatic N) is 1. The molecule has 5 heteroatoms. The normalized spacial score (nSPS) is 11.5. The molecule has 4 rings (SSSR count). The maximum atomic E-state index is 12.0. The molecule has 2 heterocycles. The number of rotatable bonds is 6. The van der Waals surface area contributed by atoms with Crippen LogP contribution in [0, 0.1) is 0 Å². The average Bonchev–Trinajstić information content (AvgIpc) is 3.13. The second-order valence-electron chi connectivity index (χ2n) is 6.46.